The third-order valence-corrected chi connectivity index (χ3v) is 8.46. The minimum absolute atomic E-state index is 0.0842. The molecule has 0 aliphatic heterocycles. The average molecular weight is 476 g/mol. The maximum atomic E-state index is 13.1. The van der Waals surface area contributed by atoms with Gasteiger partial charge in [0.15, 0.2) is 11.0 Å². The van der Waals surface area contributed by atoms with E-state index in [1.165, 1.54) is 29.8 Å². The Labute approximate surface area is 180 Å². The number of nitrogens with one attached hydrogen (secondary N) is 1. The van der Waals surface area contributed by atoms with E-state index >= 15 is 0 Å². The van der Waals surface area contributed by atoms with Crippen LogP contribution in [0.4, 0.5) is 13.9 Å². The van der Waals surface area contributed by atoms with Crippen LogP contribution in [-0.4, -0.2) is 46.8 Å². The van der Waals surface area contributed by atoms with Gasteiger partial charge in [0.2, 0.25) is 5.91 Å². The molecular formula is C17H19F2N5O3S3. The zero-order chi connectivity index (χ0) is 21.9. The second-order valence-electron chi connectivity index (χ2n) is 6.28. The standard InChI is InChI=1S/C17H19F2N5O3S3/c1-11-14(15-20-7-9-24(15)16(18)19)29-17(21-11)22-12(25)5-3-8-23(2)30(26,27)13-6-4-10-28-13/h4,6-7,9-10,16H,3,5,8H2,1-2H3,(H,21,22,25). The Morgan fingerprint density at radius 3 is 2.83 bits per heavy atom. The van der Waals surface area contributed by atoms with Crippen LogP contribution in [0.5, 0.6) is 0 Å². The van der Waals surface area contributed by atoms with Crippen molar-refractivity contribution >= 4 is 43.7 Å². The number of amides is 1. The first-order valence-corrected chi connectivity index (χ1v) is 11.9. The lowest BCUT2D eigenvalue weighted by atomic mass is 10.3. The third-order valence-electron chi connectivity index (χ3n) is 4.16. The number of aryl methyl sites for hydroxylation is 1. The van der Waals surface area contributed by atoms with Gasteiger partial charge in [-0.3, -0.25) is 9.36 Å². The van der Waals surface area contributed by atoms with Gasteiger partial charge in [-0.25, -0.2) is 22.7 Å². The molecule has 0 radical (unpaired) electrons. The summed E-state index contributed by atoms with van der Waals surface area (Å²) in [5.74, 6) is -0.254. The molecule has 1 N–H and O–H groups in total. The number of halogens is 2. The lowest BCUT2D eigenvalue weighted by Crippen LogP contribution is -2.28. The highest BCUT2D eigenvalue weighted by Gasteiger charge is 2.22. The lowest BCUT2D eigenvalue weighted by molar-refractivity contribution is -0.116. The molecule has 0 aromatic carbocycles. The van der Waals surface area contributed by atoms with Gasteiger partial charge in [0.1, 0.15) is 4.21 Å². The summed E-state index contributed by atoms with van der Waals surface area (Å²) in [5.41, 5.74) is 0.477. The summed E-state index contributed by atoms with van der Waals surface area (Å²) in [6, 6.07) is 3.20. The van der Waals surface area contributed by atoms with Crippen LogP contribution in [0, 0.1) is 6.92 Å². The van der Waals surface area contributed by atoms with Gasteiger partial charge in [0.25, 0.3) is 10.0 Å². The Morgan fingerprint density at radius 2 is 2.17 bits per heavy atom. The molecule has 1 amide bonds. The van der Waals surface area contributed by atoms with Crippen molar-refractivity contribution in [2.24, 2.45) is 0 Å². The Morgan fingerprint density at radius 1 is 1.40 bits per heavy atom. The molecule has 0 aliphatic rings. The Kier molecular flexibility index (Phi) is 6.95. The van der Waals surface area contributed by atoms with Crippen LogP contribution in [0.25, 0.3) is 10.7 Å². The number of carbonyl (C=O) groups is 1. The van der Waals surface area contributed by atoms with E-state index in [0.29, 0.717) is 17.0 Å². The van der Waals surface area contributed by atoms with E-state index in [-0.39, 0.29) is 34.0 Å². The summed E-state index contributed by atoms with van der Waals surface area (Å²) in [7, 11) is -2.08. The molecule has 3 rings (SSSR count). The number of hydrogen-bond acceptors (Lipinski definition) is 7. The van der Waals surface area contributed by atoms with E-state index < -0.39 is 16.6 Å². The van der Waals surface area contributed by atoms with Crippen LogP contribution in [0.1, 0.15) is 25.1 Å². The number of anilines is 1. The monoisotopic (exact) mass is 475 g/mol. The highest BCUT2D eigenvalue weighted by atomic mass is 32.2. The quantitative estimate of drug-likeness (QED) is 0.508. The average Bonchev–Trinajstić information content (AvgIpc) is 3.42. The van der Waals surface area contributed by atoms with Gasteiger partial charge >= 0.3 is 6.55 Å². The fraction of sp³-hybridized carbons (Fsp3) is 0.353. The molecule has 0 atom stereocenters. The van der Waals surface area contributed by atoms with E-state index in [0.717, 1.165) is 27.2 Å². The molecule has 13 heteroatoms. The summed E-state index contributed by atoms with van der Waals surface area (Å²) < 4.78 is 53.0. The molecule has 0 aliphatic carbocycles. The van der Waals surface area contributed by atoms with Crippen LogP contribution in [0.15, 0.2) is 34.1 Å². The summed E-state index contributed by atoms with van der Waals surface area (Å²) in [4.78, 5) is 20.8. The smallest absolute Gasteiger partial charge is 0.302 e. The third kappa shape index (κ3) is 4.91. The van der Waals surface area contributed by atoms with Crippen LogP contribution in [-0.2, 0) is 14.8 Å². The fourth-order valence-electron chi connectivity index (χ4n) is 2.63. The Bertz CT molecular complexity index is 1110. The molecule has 3 aromatic rings. The minimum Gasteiger partial charge on any atom is -0.302 e. The second kappa shape index (κ2) is 9.29. The van der Waals surface area contributed by atoms with E-state index in [1.54, 1.807) is 18.4 Å². The molecule has 0 unspecified atom stereocenters. The van der Waals surface area contributed by atoms with E-state index in [1.807, 2.05) is 0 Å². The molecule has 3 heterocycles. The number of thiazole rings is 1. The first-order chi connectivity index (χ1) is 14.2. The predicted octanol–water partition coefficient (Wildman–Crippen LogP) is 3.81. The van der Waals surface area contributed by atoms with Gasteiger partial charge in [-0.05, 0) is 24.8 Å². The molecule has 0 spiro atoms. The first kappa shape index (κ1) is 22.5. The number of thiophene rings is 1. The Hall–Kier alpha value is -2.22. The number of sulfonamides is 1. The van der Waals surface area contributed by atoms with Crippen molar-refractivity contribution in [2.75, 3.05) is 18.9 Å². The van der Waals surface area contributed by atoms with Crippen molar-refractivity contribution < 1.29 is 22.0 Å². The largest absolute Gasteiger partial charge is 0.320 e. The maximum absolute atomic E-state index is 13.1. The van der Waals surface area contributed by atoms with Gasteiger partial charge in [0, 0.05) is 32.4 Å². The number of aromatic nitrogens is 3. The van der Waals surface area contributed by atoms with Crippen molar-refractivity contribution in [1.29, 1.82) is 0 Å². The van der Waals surface area contributed by atoms with Crippen molar-refractivity contribution in [3.8, 4) is 10.7 Å². The van der Waals surface area contributed by atoms with Crippen LogP contribution >= 0.6 is 22.7 Å². The number of hydrogen-bond donors (Lipinski definition) is 1. The van der Waals surface area contributed by atoms with Crippen molar-refractivity contribution in [2.45, 2.75) is 30.5 Å². The van der Waals surface area contributed by atoms with Gasteiger partial charge in [0.05, 0.1) is 10.6 Å². The maximum Gasteiger partial charge on any atom is 0.320 e. The zero-order valence-corrected chi connectivity index (χ0v) is 18.5. The highest BCUT2D eigenvalue weighted by molar-refractivity contribution is 7.91. The number of imidazole rings is 1. The molecule has 0 saturated carbocycles. The molecule has 0 saturated heterocycles. The fourth-order valence-corrected chi connectivity index (χ4v) is 6.03. The minimum atomic E-state index is -3.55. The summed E-state index contributed by atoms with van der Waals surface area (Å²) in [6.45, 7) is -0.901. The van der Waals surface area contributed by atoms with Gasteiger partial charge in [-0.15, -0.1) is 11.3 Å². The predicted molar refractivity (Wildman–Crippen MR) is 111 cm³/mol. The molecule has 8 nitrogen and oxygen atoms in total. The van der Waals surface area contributed by atoms with Crippen LogP contribution in [0.2, 0.25) is 0 Å². The van der Waals surface area contributed by atoms with Gasteiger partial charge < -0.3 is 5.32 Å². The number of alkyl halides is 2. The number of nitrogens with zero attached hydrogens (tertiary/aromatic N) is 4. The van der Waals surface area contributed by atoms with Crippen LogP contribution < -0.4 is 5.32 Å². The van der Waals surface area contributed by atoms with Crippen LogP contribution in [0.3, 0.4) is 0 Å². The molecule has 0 fully saturated rings. The zero-order valence-electron chi connectivity index (χ0n) is 16.1. The van der Waals surface area contributed by atoms with E-state index in [4.69, 9.17) is 0 Å². The van der Waals surface area contributed by atoms with E-state index in [2.05, 4.69) is 15.3 Å². The number of carbonyl (C=O) groups excluding carboxylic acids is 1. The highest BCUT2D eigenvalue weighted by Crippen LogP contribution is 2.33. The Balaban J connectivity index is 1.56. The van der Waals surface area contributed by atoms with Crippen molar-refractivity contribution in [3.63, 3.8) is 0 Å². The van der Waals surface area contributed by atoms with Crippen molar-refractivity contribution in [1.82, 2.24) is 18.8 Å². The second-order valence-corrected chi connectivity index (χ2v) is 10.5. The molecule has 0 bridgehead atoms. The topological polar surface area (TPSA) is 97.2 Å². The van der Waals surface area contributed by atoms with Crippen molar-refractivity contribution in [3.05, 3.63) is 35.6 Å². The molecule has 30 heavy (non-hydrogen) atoms. The van der Waals surface area contributed by atoms with E-state index in [9.17, 15) is 22.0 Å². The van der Waals surface area contributed by atoms with Gasteiger partial charge in [-0.2, -0.15) is 8.78 Å². The van der Waals surface area contributed by atoms with Gasteiger partial charge in [-0.1, -0.05) is 17.4 Å². The summed E-state index contributed by atoms with van der Waals surface area (Å²) in [6.07, 6.45) is 2.86. The lowest BCUT2D eigenvalue weighted by Gasteiger charge is -2.15. The number of rotatable bonds is 9. The molecule has 162 valence electrons. The normalized spacial score (nSPS) is 12.1. The summed E-state index contributed by atoms with van der Waals surface area (Å²) in [5, 5.41) is 4.59. The molecule has 3 aromatic heterocycles. The SMILES string of the molecule is Cc1nc(NC(=O)CCCN(C)S(=O)(=O)c2cccs2)sc1-c1nccn1C(F)F. The summed E-state index contributed by atoms with van der Waals surface area (Å²) >= 11 is 2.19. The molecular weight excluding hydrogens is 456 g/mol. The first-order valence-electron chi connectivity index (χ1n) is 8.78.